The van der Waals surface area contributed by atoms with Gasteiger partial charge in [-0.2, -0.15) is 5.26 Å². The normalized spacial score (nSPS) is 9.74. The molecule has 1 aromatic heterocycles. The van der Waals surface area contributed by atoms with Gasteiger partial charge in [0.05, 0.1) is 12.3 Å². The minimum absolute atomic E-state index is 0.337. The first-order valence-electron chi connectivity index (χ1n) is 5.97. The Morgan fingerprint density at radius 3 is 2.84 bits per heavy atom. The van der Waals surface area contributed by atoms with E-state index in [0.29, 0.717) is 23.9 Å². The van der Waals surface area contributed by atoms with E-state index in [1.165, 1.54) is 0 Å². The zero-order valence-corrected chi connectivity index (χ0v) is 10.8. The lowest BCUT2D eigenvalue weighted by atomic mass is 10.3. The van der Waals surface area contributed by atoms with Crippen LogP contribution in [-0.2, 0) is 0 Å². The van der Waals surface area contributed by atoms with E-state index in [-0.39, 0.29) is 0 Å². The van der Waals surface area contributed by atoms with Crippen LogP contribution in [0.4, 0.5) is 11.5 Å². The number of nitrogens with one attached hydrogen (secondary N) is 1. The van der Waals surface area contributed by atoms with Crippen LogP contribution in [0.2, 0.25) is 0 Å². The van der Waals surface area contributed by atoms with E-state index in [1.807, 2.05) is 37.3 Å². The number of aryl methyl sites for hydroxylation is 1. The van der Waals surface area contributed by atoms with Crippen molar-refractivity contribution in [2.75, 3.05) is 11.9 Å². The Hall–Kier alpha value is -2.61. The lowest BCUT2D eigenvalue weighted by Gasteiger charge is -2.11. The SMILES string of the molecule is CCOc1ccccc1Nc1cc(C#N)nc(C)n1. The highest BCUT2D eigenvalue weighted by molar-refractivity contribution is 5.64. The molecule has 0 aliphatic carbocycles. The van der Waals surface area contributed by atoms with Crippen molar-refractivity contribution in [2.24, 2.45) is 0 Å². The van der Waals surface area contributed by atoms with Crippen molar-refractivity contribution in [2.45, 2.75) is 13.8 Å². The van der Waals surface area contributed by atoms with E-state index in [0.717, 1.165) is 11.4 Å². The van der Waals surface area contributed by atoms with Crippen molar-refractivity contribution < 1.29 is 4.74 Å². The maximum Gasteiger partial charge on any atom is 0.146 e. The average Bonchev–Trinajstić information content (AvgIpc) is 2.40. The Morgan fingerprint density at radius 1 is 1.32 bits per heavy atom. The van der Waals surface area contributed by atoms with Crippen molar-refractivity contribution in [1.82, 2.24) is 9.97 Å². The predicted molar refractivity (Wildman–Crippen MR) is 72.4 cm³/mol. The van der Waals surface area contributed by atoms with Crippen LogP contribution in [-0.4, -0.2) is 16.6 Å². The average molecular weight is 254 g/mol. The third kappa shape index (κ3) is 3.19. The molecule has 2 aromatic rings. The van der Waals surface area contributed by atoms with Gasteiger partial charge in [0.2, 0.25) is 0 Å². The summed E-state index contributed by atoms with van der Waals surface area (Å²) in [5.41, 5.74) is 1.15. The van der Waals surface area contributed by atoms with E-state index in [4.69, 9.17) is 10.00 Å². The van der Waals surface area contributed by atoms with Crippen LogP contribution in [0.3, 0.4) is 0 Å². The van der Waals surface area contributed by atoms with Crippen LogP contribution in [0.5, 0.6) is 5.75 Å². The second kappa shape index (κ2) is 5.83. The zero-order chi connectivity index (χ0) is 13.7. The summed E-state index contributed by atoms with van der Waals surface area (Å²) in [6, 6.07) is 11.2. The predicted octanol–water partition coefficient (Wildman–Crippen LogP) is 2.80. The van der Waals surface area contributed by atoms with Gasteiger partial charge in [0.25, 0.3) is 0 Å². The Labute approximate surface area is 111 Å². The number of benzene rings is 1. The van der Waals surface area contributed by atoms with Gasteiger partial charge in [-0.1, -0.05) is 12.1 Å². The quantitative estimate of drug-likeness (QED) is 0.908. The molecule has 1 N–H and O–H groups in total. The van der Waals surface area contributed by atoms with Crippen LogP contribution >= 0.6 is 0 Å². The largest absolute Gasteiger partial charge is 0.492 e. The summed E-state index contributed by atoms with van der Waals surface area (Å²) < 4.78 is 5.53. The number of nitrogens with zero attached hydrogens (tertiary/aromatic N) is 3. The van der Waals surface area contributed by atoms with Gasteiger partial charge in [0.1, 0.15) is 29.2 Å². The summed E-state index contributed by atoms with van der Waals surface area (Å²) >= 11 is 0. The van der Waals surface area contributed by atoms with Gasteiger partial charge in [0, 0.05) is 6.07 Å². The molecule has 0 saturated heterocycles. The summed E-state index contributed by atoms with van der Waals surface area (Å²) in [4.78, 5) is 8.26. The molecule has 96 valence electrons. The van der Waals surface area contributed by atoms with Crippen LogP contribution in [0, 0.1) is 18.3 Å². The molecule has 0 fully saturated rings. The van der Waals surface area contributed by atoms with E-state index in [2.05, 4.69) is 15.3 Å². The molecule has 2 rings (SSSR count). The summed E-state index contributed by atoms with van der Waals surface area (Å²) in [6.07, 6.45) is 0. The highest BCUT2D eigenvalue weighted by Gasteiger charge is 2.05. The summed E-state index contributed by atoms with van der Waals surface area (Å²) in [5, 5.41) is 12.0. The molecule has 1 heterocycles. The maximum absolute atomic E-state index is 8.90. The number of ether oxygens (including phenoxy) is 1. The van der Waals surface area contributed by atoms with E-state index in [1.54, 1.807) is 13.0 Å². The second-order valence-corrected chi connectivity index (χ2v) is 3.85. The maximum atomic E-state index is 8.90. The molecule has 0 aliphatic rings. The fraction of sp³-hybridized carbons (Fsp3) is 0.214. The standard InChI is InChI=1S/C14H14N4O/c1-3-19-13-7-5-4-6-12(13)18-14-8-11(9-15)16-10(2)17-14/h4-8H,3H2,1-2H3,(H,16,17,18). The molecule has 1 aromatic carbocycles. The molecule has 0 aliphatic heterocycles. The minimum Gasteiger partial charge on any atom is -0.492 e. The Balaban J connectivity index is 2.31. The molecule has 0 atom stereocenters. The van der Waals surface area contributed by atoms with Crippen molar-refractivity contribution in [1.29, 1.82) is 5.26 Å². The number of aromatic nitrogens is 2. The van der Waals surface area contributed by atoms with E-state index >= 15 is 0 Å². The number of anilines is 2. The van der Waals surface area contributed by atoms with Crippen LogP contribution in [0.15, 0.2) is 30.3 Å². The van der Waals surface area contributed by atoms with E-state index < -0.39 is 0 Å². The summed E-state index contributed by atoms with van der Waals surface area (Å²) in [7, 11) is 0. The molecular weight excluding hydrogens is 240 g/mol. The molecule has 0 saturated carbocycles. The summed E-state index contributed by atoms with van der Waals surface area (Å²) in [5.74, 6) is 1.88. The van der Waals surface area contributed by atoms with Crippen molar-refractivity contribution in [3.05, 3.63) is 41.9 Å². The number of hydrogen-bond donors (Lipinski definition) is 1. The first-order chi connectivity index (χ1) is 9.22. The van der Waals surface area contributed by atoms with Gasteiger partial charge in [-0.05, 0) is 26.0 Å². The molecule has 0 amide bonds. The van der Waals surface area contributed by atoms with Gasteiger partial charge in [0.15, 0.2) is 0 Å². The zero-order valence-electron chi connectivity index (χ0n) is 10.8. The first kappa shape index (κ1) is 12.8. The van der Waals surface area contributed by atoms with Crippen molar-refractivity contribution >= 4 is 11.5 Å². The molecule has 19 heavy (non-hydrogen) atoms. The van der Waals surface area contributed by atoms with Crippen molar-refractivity contribution in [3.8, 4) is 11.8 Å². The van der Waals surface area contributed by atoms with Crippen LogP contribution in [0.1, 0.15) is 18.4 Å². The number of rotatable bonds is 4. The van der Waals surface area contributed by atoms with Gasteiger partial charge >= 0.3 is 0 Å². The number of para-hydroxylation sites is 2. The summed E-state index contributed by atoms with van der Waals surface area (Å²) in [6.45, 7) is 4.27. The van der Waals surface area contributed by atoms with Crippen LogP contribution in [0.25, 0.3) is 0 Å². The molecule has 0 spiro atoms. The van der Waals surface area contributed by atoms with Crippen LogP contribution < -0.4 is 10.1 Å². The first-order valence-corrected chi connectivity index (χ1v) is 5.97. The smallest absolute Gasteiger partial charge is 0.146 e. The lowest BCUT2D eigenvalue weighted by Crippen LogP contribution is -2.01. The lowest BCUT2D eigenvalue weighted by molar-refractivity contribution is 0.342. The molecule has 0 unspecified atom stereocenters. The van der Waals surface area contributed by atoms with Gasteiger partial charge in [-0.15, -0.1) is 0 Å². The van der Waals surface area contributed by atoms with Crippen molar-refractivity contribution in [3.63, 3.8) is 0 Å². The Kier molecular flexibility index (Phi) is 3.94. The van der Waals surface area contributed by atoms with Gasteiger partial charge < -0.3 is 10.1 Å². The second-order valence-electron chi connectivity index (χ2n) is 3.85. The highest BCUT2D eigenvalue weighted by Crippen LogP contribution is 2.26. The molecule has 5 heteroatoms. The van der Waals surface area contributed by atoms with Gasteiger partial charge in [-0.25, -0.2) is 9.97 Å². The number of hydrogen-bond acceptors (Lipinski definition) is 5. The topological polar surface area (TPSA) is 70.8 Å². The Morgan fingerprint density at radius 2 is 2.11 bits per heavy atom. The number of nitriles is 1. The third-order valence-electron chi connectivity index (χ3n) is 2.40. The molecule has 0 radical (unpaired) electrons. The third-order valence-corrected chi connectivity index (χ3v) is 2.40. The van der Waals surface area contributed by atoms with Gasteiger partial charge in [-0.3, -0.25) is 0 Å². The minimum atomic E-state index is 0.337. The molecule has 5 nitrogen and oxygen atoms in total. The molecule has 0 bridgehead atoms. The molecular formula is C14H14N4O. The fourth-order valence-corrected chi connectivity index (χ4v) is 1.68. The Bertz CT molecular complexity index is 619. The van der Waals surface area contributed by atoms with E-state index in [9.17, 15) is 0 Å². The monoisotopic (exact) mass is 254 g/mol. The highest BCUT2D eigenvalue weighted by atomic mass is 16.5. The fourth-order valence-electron chi connectivity index (χ4n) is 1.68.